The summed E-state index contributed by atoms with van der Waals surface area (Å²) in [6.07, 6.45) is 1.71. The monoisotopic (exact) mass is 249 g/mol. The summed E-state index contributed by atoms with van der Waals surface area (Å²) < 4.78 is 4.72. The summed E-state index contributed by atoms with van der Waals surface area (Å²) in [6.45, 7) is 0.0263. The zero-order valence-electron chi connectivity index (χ0n) is 9.21. The van der Waals surface area contributed by atoms with Gasteiger partial charge in [-0.3, -0.25) is 15.1 Å². The number of rotatable bonds is 4. The number of anilines is 1. The van der Waals surface area contributed by atoms with Crippen molar-refractivity contribution in [3.8, 4) is 11.4 Å². The molecule has 0 bridgehead atoms. The van der Waals surface area contributed by atoms with Crippen LogP contribution in [0.1, 0.15) is 0 Å². The summed E-state index contributed by atoms with van der Waals surface area (Å²) in [5.74, 6) is -0.213. The fourth-order valence-corrected chi connectivity index (χ4v) is 1.97. The van der Waals surface area contributed by atoms with E-state index in [0.717, 1.165) is 11.4 Å². The molecule has 1 amide bonds. The number of nitrogens with zero attached hydrogens (tertiary/aromatic N) is 2. The predicted molar refractivity (Wildman–Crippen MR) is 65.9 cm³/mol. The van der Waals surface area contributed by atoms with E-state index in [1.807, 2.05) is 23.6 Å². The van der Waals surface area contributed by atoms with Gasteiger partial charge in [-0.2, -0.15) is 0 Å². The fourth-order valence-electron chi connectivity index (χ4n) is 1.25. The topological polar surface area (TPSA) is 64.1 Å². The molecular weight excluding hydrogens is 238 g/mol. The number of hydrogen-bond donors (Lipinski definition) is 1. The van der Waals surface area contributed by atoms with Gasteiger partial charge in [0.15, 0.2) is 5.13 Å². The van der Waals surface area contributed by atoms with Gasteiger partial charge in [0.25, 0.3) is 5.91 Å². The molecule has 0 aliphatic heterocycles. The molecule has 2 aromatic heterocycles. The van der Waals surface area contributed by atoms with Gasteiger partial charge in [0.2, 0.25) is 0 Å². The van der Waals surface area contributed by atoms with Gasteiger partial charge in [-0.1, -0.05) is 6.07 Å². The SMILES string of the molecule is COCC(=O)Nc1nc(-c2ccccn2)cs1. The standard InChI is InChI=1S/C11H11N3O2S/c1-16-6-10(15)14-11-13-9(7-17-11)8-4-2-3-5-12-8/h2-5,7H,6H2,1H3,(H,13,14,15). The van der Waals surface area contributed by atoms with Crippen molar-refractivity contribution < 1.29 is 9.53 Å². The molecule has 2 aromatic rings. The largest absolute Gasteiger partial charge is 0.375 e. The second-order valence-corrected chi connectivity index (χ2v) is 4.09. The molecular formula is C11H11N3O2S. The van der Waals surface area contributed by atoms with Crippen LogP contribution in [0.15, 0.2) is 29.8 Å². The summed E-state index contributed by atoms with van der Waals surface area (Å²) in [5.41, 5.74) is 1.54. The number of aromatic nitrogens is 2. The number of pyridine rings is 1. The van der Waals surface area contributed by atoms with Gasteiger partial charge in [0.05, 0.1) is 5.69 Å². The van der Waals surface area contributed by atoms with Crippen molar-refractivity contribution >= 4 is 22.4 Å². The number of methoxy groups -OCH3 is 1. The van der Waals surface area contributed by atoms with Crippen molar-refractivity contribution in [2.45, 2.75) is 0 Å². The molecule has 0 aliphatic rings. The van der Waals surface area contributed by atoms with Gasteiger partial charge in [0.1, 0.15) is 12.3 Å². The minimum atomic E-state index is -0.213. The van der Waals surface area contributed by atoms with Crippen molar-refractivity contribution in [2.75, 3.05) is 19.0 Å². The van der Waals surface area contributed by atoms with Crippen LogP contribution in [0.25, 0.3) is 11.4 Å². The van der Waals surface area contributed by atoms with Crippen LogP contribution in [0, 0.1) is 0 Å². The highest BCUT2D eigenvalue weighted by Gasteiger charge is 2.07. The van der Waals surface area contributed by atoms with Crippen LogP contribution in [-0.4, -0.2) is 29.6 Å². The van der Waals surface area contributed by atoms with Crippen LogP contribution in [0.3, 0.4) is 0 Å². The number of nitrogens with one attached hydrogen (secondary N) is 1. The summed E-state index contributed by atoms with van der Waals surface area (Å²) in [4.78, 5) is 19.7. The van der Waals surface area contributed by atoms with Crippen LogP contribution < -0.4 is 5.32 Å². The molecule has 0 unspecified atom stereocenters. The molecule has 0 fully saturated rings. The Kier molecular flexibility index (Phi) is 3.79. The number of amides is 1. The van der Waals surface area contributed by atoms with E-state index in [9.17, 15) is 4.79 Å². The van der Waals surface area contributed by atoms with E-state index in [-0.39, 0.29) is 12.5 Å². The number of carbonyl (C=O) groups excluding carboxylic acids is 1. The second-order valence-electron chi connectivity index (χ2n) is 3.23. The third kappa shape index (κ3) is 3.08. The van der Waals surface area contributed by atoms with E-state index >= 15 is 0 Å². The van der Waals surface area contributed by atoms with E-state index in [2.05, 4.69) is 15.3 Å². The second kappa shape index (κ2) is 5.51. The van der Waals surface area contributed by atoms with Crippen LogP contribution in [0.4, 0.5) is 5.13 Å². The fraction of sp³-hybridized carbons (Fsp3) is 0.182. The number of thiazole rings is 1. The average molecular weight is 249 g/mol. The first-order chi connectivity index (χ1) is 8.29. The van der Waals surface area contributed by atoms with E-state index in [4.69, 9.17) is 4.74 Å². The van der Waals surface area contributed by atoms with Crippen molar-refractivity contribution in [3.63, 3.8) is 0 Å². The number of hydrogen-bond acceptors (Lipinski definition) is 5. The Bertz CT molecular complexity index is 498. The quantitative estimate of drug-likeness (QED) is 0.897. The van der Waals surface area contributed by atoms with Crippen molar-refractivity contribution in [1.82, 2.24) is 9.97 Å². The van der Waals surface area contributed by atoms with Gasteiger partial charge in [0, 0.05) is 18.7 Å². The molecule has 0 aliphatic carbocycles. The summed E-state index contributed by atoms with van der Waals surface area (Å²) in [5, 5.41) is 5.05. The Balaban J connectivity index is 2.09. The van der Waals surface area contributed by atoms with Gasteiger partial charge in [-0.05, 0) is 12.1 Å². The Morgan fingerprint density at radius 1 is 1.47 bits per heavy atom. The molecule has 5 nitrogen and oxygen atoms in total. The third-order valence-corrected chi connectivity index (χ3v) is 2.71. The van der Waals surface area contributed by atoms with E-state index in [1.54, 1.807) is 6.20 Å². The van der Waals surface area contributed by atoms with Crippen LogP contribution >= 0.6 is 11.3 Å². The van der Waals surface area contributed by atoms with Crippen LogP contribution in [0.2, 0.25) is 0 Å². The molecule has 0 saturated carbocycles. The third-order valence-electron chi connectivity index (χ3n) is 1.95. The molecule has 0 spiro atoms. The molecule has 0 atom stereocenters. The van der Waals surface area contributed by atoms with Crippen LogP contribution in [-0.2, 0) is 9.53 Å². The van der Waals surface area contributed by atoms with Gasteiger partial charge < -0.3 is 4.74 Å². The highest BCUT2D eigenvalue weighted by molar-refractivity contribution is 7.14. The first kappa shape index (κ1) is 11.7. The Morgan fingerprint density at radius 2 is 2.35 bits per heavy atom. The predicted octanol–water partition coefficient (Wildman–Crippen LogP) is 1.79. The lowest BCUT2D eigenvalue weighted by atomic mass is 10.3. The molecule has 0 saturated heterocycles. The molecule has 1 N–H and O–H groups in total. The van der Waals surface area contributed by atoms with Gasteiger partial charge >= 0.3 is 0 Å². The molecule has 88 valence electrons. The van der Waals surface area contributed by atoms with Crippen molar-refractivity contribution in [3.05, 3.63) is 29.8 Å². The van der Waals surface area contributed by atoms with E-state index in [0.29, 0.717) is 5.13 Å². The molecule has 2 heterocycles. The van der Waals surface area contributed by atoms with E-state index < -0.39 is 0 Å². The first-order valence-corrected chi connectivity index (χ1v) is 5.83. The molecule has 17 heavy (non-hydrogen) atoms. The lowest BCUT2D eigenvalue weighted by molar-refractivity contribution is -0.119. The minimum absolute atomic E-state index is 0.0263. The summed E-state index contributed by atoms with van der Waals surface area (Å²) in [6, 6.07) is 5.61. The minimum Gasteiger partial charge on any atom is -0.375 e. The normalized spacial score (nSPS) is 10.2. The summed E-state index contributed by atoms with van der Waals surface area (Å²) in [7, 11) is 1.47. The molecule has 0 radical (unpaired) electrons. The Labute approximate surface area is 102 Å². The molecule has 6 heteroatoms. The van der Waals surface area contributed by atoms with Gasteiger partial charge in [-0.25, -0.2) is 4.98 Å². The zero-order valence-corrected chi connectivity index (χ0v) is 10.0. The first-order valence-electron chi connectivity index (χ1n) is 4.95. The number of ether oxygens (including phenoxy) is 1. The number of carbonyl (C=O) groups is 1. The maximum absolute atomic E-state index is 11.3. The van der Waals surface area contributed by atoms with Crippen molar-refractivity contribution in [2.24, 2.45) is 0 Å². The lowest BCUT2D eigenvalue weighted by Crippen LogP contribution is -2.16. The molecule has 0 aromatic carbocycles. The summed E-state index contributed by atoms with van der Waals surface area (Å²) >= 11 is 1.36. The zero-order chi connectivity index (χ0) is 12.1. The van der Waals surface area contributed by atoms with Crippen LogP contribution in [0.5, 0.6) is 0 Å². The van der Waals surface area contributed by atoms with Gasteiger partial charge in [-0.15, -0.1) is 11.3 Å². The lowest BCUT2D eigenvalue weighted by Gasteiger charge is -1.98. The smallest absolute Gasteiger partial charge is 0.252 e. The highest BCUT2D eigenvalue weighted by Crippen LogP contribution is 2.22. The molecule has 2 rings (SSSR count). The highest BCUT2D eigenvalue weighted by atomic mass is 32.1. The maximum atomic E-state index is 11.3. The average Bonchev–Trinajstić information content (AvgIpc) is 2.79. The Hall–Kier alpha value is -1.79. The Morgan fingerprint density at radius 3 is 3.06 bits per heavy atom. The van der Waals surface area contributed by atoms with E-state index in [1.165, 1.54) is 18.4 Å². The maximum Gasteiger partial charge on any atom is 0.252 e. The van der Waals surface area contributed by atoms with Crippen molar-refractivity contribution in [1.29, 1.82) is 0 Å².